The molecule has 6 nitrogen and oxygen atoms in total. The van der Waals surface area contributed by atoms with E-state index in [4.69, 9.17) is 21.5 Å². The lowest BCUT2D eigenvalue weighted by molar-refractivity contribution is 0.0953. The summed E-state index contributed by atoms with van der Waals surface area (Å²) in [4.78, 5) is 12.5. The summed E-state index contributed by atoms with van der Waals surface area (Å²) in [5, 5.41) is 8.57. The fourth-order valence-corrected chi connectivity index (χ4v) is 3.52. The lowest BCUT2D eigenvalue weighted by Crippen LogP contribution is -2.25. The van der Waals surface area contributed by atoms with E-state index in [9.17, 15) is 13.2 Å². The second kappa shape index (κ2) is 9.75. The quantitative estimate of drug-likeness (QED) is 0.555. The zero-order chi connectivity index (χ0) is 21.6. The first-order valence-corrected chi connectivity index (χ1v) is 11.1. The molecule has 3 rings (SSSR count). The van der Waals surface area contributed by atoms with Crippen LogP contribution in [0.1, 0.15) is 21.5 Å². The highest BCUT2D eigenvalue weighted by molar-refractivity contribution is 7.89. The molecule has 0 unspecified atom stereocenters. The van der Waals surface area contributed by atoms with E-state index in [2.05, 4.69) is 5.32 Å². The minimum absolute atomic E-state index is 0.0601. The van der Waals surface area contributed by atoms with Gasteiger partial charge in [-0.1, -0.05) is 41.9 Å². The molecule has 156 valence electrons. The molecule has 0 bridgehead atoms. The molecule has 0 aliphatic carbocycles. The van der Waals surface area contributed by atoms with Gasteiger partial charge in [0, 0.05) is 17.1 Å². The minimum atomic E-state index is -3.71. The smallest absolute Gasteiger partial charge is 0.251 e. The van der Waals surface area contributed by atoms with Crippen molar-refractivity contribution in [3.05, 3.63) is 94.5 Å². The van der Waals surface area contributed by atoms with Crippen LogP contribution in [0.2, 0.25) is 5.02 Å². The predicted molar refractivity (Wildman–Crippen MR) is 116 cm³/mol. The largest absolute Gasteiger partial charge is 0.489 e. The summed E-state index contributed by atoms with van der Waals surface area (Å²) in [5.74, 6) is 0.366. The average molecular weight is 445 g/mol. The Labute approximate surface area is 180 Å². The summed E-state index contributed by atoms with van der Waals surface area (Å²) in [6, 6.07) is 20.6. The number of benzene rings is 3. The summed E-state index contributed by atoms with van der Waals surface area (Å²) in [6.07, 6.45) is 0.557. The van der Waals surface area contributed by atoms with Gasteiger partial charge in [-0.05, 0) is 60.0 Å². The Bertz CT molecular complexity index is 1130. The number of nitrogens with two attached hydrogens (primary N) is 1. The van der Waals surface area contributed by atoms with E-state index >= 15 is 0 Å². The molecule has 0 saturated heterocycles. The van der Waals surface area contributed by atoms with Crippen molar-refractivity contribution >= 4 is 27.5 Å². The SMILES string of the molecule is NS(=O)(=O)c1ccc(CCNC(=O)c2cccc(OCc3cccc(Cl)c3)c2)cc1. The van der Waals surface area contributed by atoms with E-state index in [1.165, 1.54) is 12.1 Å². The second-order valence-corrected chi connectivity index (χ2v) is 8.64. The number of nitrogens with one attached hydrogen (secondary N) is 1. The summed E-state index contributed by atoms with van der Waals surface area (Å²) in [7, 11) is -3.71. The van der Waals surface area contributed by atoms with Crippen molar-refractivity contribution in [3.63, 3.8) is 0 Å². The molecule has 3 N–H and O–H groups in total. The van der Waals surface area contributed by atoms with Crippen LogP contribution in [0.15, 0.2) is 77.7 Å². The third-order valence-electron chi connectivity index (χ3n) is 4.34. The van der Waals surface area contributed by atoms with Crippen molar-refractivity contribution < 1.29 is 17.9 Å². The van der Waals surface area contributed by atoms with Crippen molar-refractivity contribution in [2.24, 2.45) is 5.14 Å². The van der Waals surface area contributed by atoms with Gasteiger partial charge >= 0.3 is 0 Å². The molecular formula is C22H21ClN2O4S. The maximum Gasteiger partial charge on any atom is 0.251 e. The average Bonchev–Trinajstić information content (AvgIpc) is 2.72. The Balaban J connectivity index is 1.52. The minimum Gasteiger partial charge on any atom is -0.489 e. The monoisotopic (exact) mass is 444 g/mol. The van der Waals surface area contributed by atoms with Gasteiger partial charge in [-0.3, -0.25) is 4.79 Å². The molecule has 0 saturated carbocycles. The van der Waals surface area contributed by atoms with Crippen LogP contribution in [-0.2, 0) is 23.1 Å². The van der Waals surface area contributed by atoms with Gasteiger partial charge < -0.3 is 10.1 Å². The maximum atomic E-state index is 12.4. The number of hydrogen-bond donors (Lipinski definition) is 2. The molecule has 30 heavy (non-hydrogen) atoms. The van der Waals surface area contributed by atoms with Crippen molar-refractivity contribution in [2.75, 3.05) is 6.54 Å². The fourth-order valence-electron chi connectivity index (χ4n) is 2.79. The van der Waals surface area contributed by atoms with E-state index in [1.807, 2.05) is 18.2 Å². The van der Waals surface area contributed by atoms with Crippen LogP contribution in [0.3, 0.4) is 0 Å². The number of hydrogen-bond acceptors (Lipinski definition) is 4. The highest BCUT2D eigenvalue weighted by atomic mass is 35.5. The van der Waals surface area contributed by atoms with Gasteiger partial charge in [-0.25, -0.2) is 13.6 Å². The summed E-state index contributed by atoms with van der Waals surface area (Å²) in [6.45, 7) is 0.751. The van der Waals surface area contributed by atoms with Gasteiger partial charge in [0.15, 0.2) is 0 Å². The van der Waals surface area contributed by atoms with Gasteiger partial charge in [-0.2, -0.15) is 0 Å². The molecule has 0 aliphatic heterocycles. The van der Waals surface area contributed by atoms with Crippen molar-refractivity contribution in [1.82, 2.24) is 5.32 Å². The van der Waals surface area contributed by atoms with Crippen molar-refractivity contribution in [1.29, 1.82) is 0 Å². The molecule has 0 atom stereocenters. The number of halogens is 1. The first-order chi connectivity index (χ1) is 14.3. The molecule has 0 fully saturated rings. The number of carbonyl (C=O) groups excluding carboxylic acids is 1. The summed E-state index contributed by atoms with van der Waals surface area (Å²) >= 11 is 5.97. The Hall–Kier alpha value is -2.87. The lowest BCUT2D eigenvalue weighted by Gasteiger charge is -2.09. The number of sulfonamides is 1. The molecule has 3 aromatic rings. The molecule has 0 radical (unpaired) electrons. The van der Waals surface area contributed by atoms with Crippen LogP contribution in [0.5, 0.6) is 5.75 Å². The van der Waals surface area contributed by atoms with Gasteiger partial charge in [-0.15, -0.1) is 0 Å². The maximum absolute atomic E-state index is 12.4. The molecule has 3 aromatic carbocycles. The number of carbonyl (C=O) groups is 1. The van der Waals surface area contributed by atoms with Crippen molar-refractivity contribution in [3.8, 4) is 5.75 Å². The van der Waals surface area contributed by atoms with Crippen LogP contribution < -0.4 is 15.2 Å². The standard InChI is InChI=1S/C22H21ClN2O4S/c23-19-5-1-3-17(13-19)15-29-20-6-2-4-18(14-20)22(26)25-12-11-16-7-9-21(10-8-16)30(24,27)28/h1-10,13-14H,11-12,15H2,(H,25,26)(H2,24,27,28). The summed E-state index contributed by atoms with van der Waals surface area (Å²) < 4.78 is 28.3. The first kappa shape index (κ1) is 21.8. The van der Waals surface area contributed by atoms with Crippen LogP contribution >= 0.6 is 11.6 Å². The van der Waals surface area contributed by atoms with Gasteiger partial charge in [0.05, 0.1) is 4.90 Å². The van der Waals surface area contributed by atoms with Crippen LogP contribution in [-0.4, -0.2) is 20.9 Å². The van der Waals surface area contributed by atoms with Crippen LogP contribution in [0.4, 0.5) is 0 Å². The third kappa shape index (κ3) is 6.32. The Morgan fingerprint density at radius 2 is 1.70 bits per heavy atom. The van der Waals surface area contributed by atoms with E-state index in [1.54, 1.807) is 42.5 Å². The molecule has 1 amide bonds. The zero-order valence-corrected chi connectivity index (χ0v) is 17.6. The fraction of sp³-hybridized carbons (Fsp3) is 0.136. The van der Waals surface area contributed by atoms with Gasteiger partial charge in [0.25, 0.3) is 5.91 Å². The molecular weight excluding hydrogens is 424 g/mol. The van der Waals surface area contributed by atoms with E-state index < -0.39 is 10.0 Å². The predicted octanol–water partition coefficient (Wildman–Crippen LogP) is 3.54. The topological polar surface area (TPSA) is 98.5 Å². The Morgan fingerprint density at radius 3 is 2.40 bits per heavy atom. The first-order valence-electron chi connectivity index (χ1n) is 9.18. The van der Waals surface area contributed by atoms with E-state index in [0.717, 1.165) is 11.1 Å². The Kier molecular flexibility index (Phi) is 7.10. The summed E-state index contributed by atoms with van der Waals surface area (Å²) in [5.41, 5.74) is 2.32. The number of amides is 1. The molecule has 0 aromatic heterocycles. The van der Waals surface area contributed by atoms with E-state index in [0.29, 0.717) is 35.9 Å². The van der Waals surface area contributed by atoms with Gasteiger partial charge in [0.1, 0.15) is 12.4 Å². The Morgan fingerprint density at radius 1 is 0.967 bits per heavy atom. The highest BCUT2D eigenvalue weighted by Gasteiger charge is 2.09. The highest BCUT2D eigenvalue weighted by Crippen LogP contribution is 2.17. The molecule has 0 spiro atoms. The van der Waals surface area contributed by atoms with Crippen LogP contribution in [0.25, 0.3) is 0 Å². The molecule has 8 heteroatoms. The third-order valence-corrected chi connectivity index (χ3v) is 5.51. The second-order valence-electron chi connectivity index (χ2n) is 6.64. The normalized spacial score (nSPS) is 11.1. The number of ether oxygens (including phenoxy) is 1. The number of primary sulfonamides is 1. The van der Waals surface area contributed by atoms with Crippen LogP contribution in [0, 0.1) is 0 Å². The van der Waals surface area contributed by atoms with E-state index in [-0.39, 0.29) is 10.8 Å². The zero-order valence-electron chi connectivity index (χ0n) is 16.0. The molecule has 0 heterocycles. The lowest BCUT2D eigenvalue weighted by atomic mass is 10.1. The van der Waals surface area contributed by atoms with Gasteiger partial charge in [0.2, 0.25) is 10.0 Å². The molecule has 0 aliphatic rings. The number of rotatable bonds is 8. The van der Waals surface area contributed by atoms with Crippen molar-refractivity contribution in [2.45, 2.75) is 17.9 Å².